The Labute approximate surface area is 369 Å². The van der Waals surface area contributed by atoms with Gasteiger partial charge in [0, 0.05) is 0 Å². The summed E-state index contributed by atoms with van der Waals surface area (Å²) in [6.45, 7) is 0. The first-order chi connectivity index (χ1) is 28.0. The van der Waals surface area contributed by atoms with Gasteiger partial charge in [-0.15, -0.1) is 0 Å². The van der Waals surface area contributed by atoms with Crippen molar-refractivity contribution in [2.45, 2.75) is 93.1 Å². The van der Waals surface area contributed by atoms with E-state index in [2.05, 4.69) is 0 Å². The molecule has 0 unspecified atom stereocenters. The van der Waals surface area contributed by atoms with E-state index in [-0.39, 0.29) is 26.2 Å². The number of hydrogen-bond donors (Lipinski definition) is 0. The molecule has 0 atom stereocenters. The molecule has 0 aromatic heterocycles. The summed E-state index contributed by atoms with van der Waals surface area (Å²) in [5, 5.41) is -28.4. The summed E-state index contributed by atoms with van der Waals surface area (Å²) < 4.78 is 542. The first kappa shape index (κ1) is 75.9. The topological polar surface area (TPSA) is 229 Å². The number of alkyl halides is 36. The molecule has 0 saturated heterocycles. The normalized spacial score (nSPS) is 15.9. The van der Waals surface area contributed by atoms with Crippen molar-refractivity contribution in [1.82, 2.24) is 0 Å². The van der Waals surface area contributed by atoms with Gasteiger partial charge in [0.2, 0.25) is 0 Å². The average molecular weight is 1290 g/mol. The molecule has 416 valence electrons. The fraction of sp³-hybridized carbons (Fsp3) is 1.00. The fourth-order valence-corrected chi connectivity index (χ4v) is 3.84. The molecular formula is C16F36O12S4Zr. The van der Waals surface area contributed by atoms with Crippen LogP contribution in [0.3, 0.4) is 0 Å². The van der Waals surface area contributed by atoms with Crippen molar-refractivity contribution in [3.63, 3.8) is 0 Å². The first-order valence-electron chi connectivity index (χ1n) is 12.6. The Kier molecular flexibility index (Phi) is 22.0. The molecule has 0 aliphatic heterocycles. The number of halogens is 36. The smallest absolute Gasteiger partial charge is 0.743 e. The molecule has 0 aliphatic rings. The van der Waals surface area contributed by atoms with Gasteiger partial charge in [-0.3, -0.25) is 0 Å². The van der Waals surface area contributed by atoms with Crippen LogP contribution in [0.2, 0.25) is 0 Å². The summed E-state index contributed by atoms with van der Waals surface area (Å²) >= 11 is 0. The minimum absolute atomic E-state index is 0. The molecule has 0 aliphatic carbocycles. The fourth-order valence-electron chi connectivity index (χ4n) is 2.07. The molecule has 0 heterocycles. The van der Waals surface area contributed by atoms with Crippen LogP contribution in [0.15, 0.2) is 0 Å². The third-order valence-electron chi connectivity index (χ3n) is 5.72. The van der Waals surface area contributed by atoms with Gasteiger partial charge in [-0.2, -0.15) is 158 Å². The van der Waals surface area contributed by atoms with Gasteiger partial charge in [0.1, 0.15) is 0 Å². The third-order valence-corrected chi connectivity index (χ3v) is 9.26. The third kappa shape index (κ3) is 13.4. The van der Waals surface area contributed by atoms with E-state index in [9.17, 15) is 210 Å². The van der Waals surface area contributed by atoms with Gasteiger partial charge in [-0.1, -0.05) is 0 Å². The Morgan fingerprint density at radius 3 is 0.304 bits per heavy atom. The van der Waals surface area contributed by atoms with Crippen LogP contribution in [0.1, 0.15) is 0 Å². The van der Waals surface area contributed by atoms with E-state index in [4.69, 9.17) is 0 Å². The zero-order chi connectivity index (χ0) is 58.0. The zero-order valence-electron chi connectivity index (χ0n) is 28.6. The standard InChI is InChI=1S/4C4HF9O3S.Zr/c4*5-1(6,3(9,10)11)2(7,8)4(12,13)17(14,15)16;/h4*(H,14,15,16);/q;;;;+4/p-4. The van der Waals surface area contributed by atoms with Crippen molar-refractivity contribution < 1.29 is 236 Å². The van der Waals surface area contributed by atoms with E-state index in [0.717, 1.165) is 0 Å². The largest absolute Gasteiger partial charge is 4.00 e. The molecule has 0 rings (SSSR count). The van der Waals surface area contributed by atoms with Gasteiger partial charge in [-0.25, -0.2) is 33.7 Å². The minimum atomic E-state index is -7.43. The van der Waals surface area contributed by atoms with Crippen LogP contribution < -0.4 is 0 Å². The zero-order valence-corrected chi connectivity index (χ0v) is 34.4. The van der Waals surface area contributed by atoms with Crippen molar-refractivity contribution in [1.29, 1.82) is 0 Å². The van der Waals surface area contributed by atoms with Gasteiger partial charge in [0.25, 0.3) is 0 Å². The molecule has 69 heavy (non-hydrogen) atoms. The van der Waals surface area contributed by atoms with Crippen molar-refractivity contribution in [3.05, 3.63) is 0 Å². The molecule has 0 bridgehead atoms. The SMILES string of the molecule is O=S(=O)([O-])C(F)(F)C(F)(F)C(F)(F)C(F)(F)F.O=S(=O)([O-])C(F)(F)C(F)(F)C(F)(F)C(F)(F)F.O=S(=O)([O-])C(F)(F)C(F)(F)C(F)(F)C(F)(F)F.O=S(=O)([O-])C(F)(F)C(F)(F)C(F)(F)C(F)(F)F.[Zr+4]. The van der Waals surface area contributed by atoms with E-state index in [1.54, 1.807) is 0 Å². The van der Waals surface area contributed by atoms with Gasteiger partial charge < -0.3 is 18.2 Å². The Morgan fingerprint density at radius 2 is 0.261 bits per heavy atom. The average Bonchev–Trinajstić information content (AvgIpc) is 3.00. The summed E-state index contributed by atoms with van der Waals surface area (Å²) in [5.41, 5.74) is 0. The summed E-state index contributed by atoms with van der Waals surface area (Å²) in [6.07, 6.45) is -28.6. The van der Waals surface area contributed by atoms with Gasteiger partial charge >= 0.3 is 119 Å². The number of rotatable bonds is 12. The van der Waals surface area contributed by atoms with Crippen molar-refractivity contribution in [3.8, 4) is 0 Å². The second-order valence-corrected chi connectivity index (χ2v) is 16.2. The van der Waals surface area contributed by atoms with Crippen LogP contribution >= 0.6 is 0 Å². The predicted octanol–water partition coefficient (Wildman–Crippen LogP) is 7.83. The van der Waals surface area contributed by atoms with Gasteiger partial charge in [0.15, 0.2) is 40.5 Å². The number of hydrogen-bond acceptors (Lipinski definition) is 12. The molecule has 0 aromatic carbocycles. The molecule has 12 nitrogen and oxygen atoms in total. The monoisotopic (exact) mass is 1290 g/mol. The second kappa shape index (κ2) is 20.0. The van der Waals surface area contributed by atoms with E-state index in [1.165, 1.54) is 0 Å². The molecule has 0 aromatic rings. The van der Waals surface area contributed by atoms with Crippen LogP contribution in [0.5, 0.6) is 0 Å². The predicted molar refractivity (Wildman–Crippen MR) is 122 cm³/mol. The van der Waals surface area contributed by atoms with Gasteiger partial charge in [0.05, 0.1) is 0 Å². The van der Waals surface area contributed by atoms with Crippen molar-refractivity contribution >= 4 is 40.5 Å². The Hall–Kier alpha value is -2.00. The van der Waals surface area contributed by atoms with Crippen molar-refractivity contribution in [2.24, 2.45) is 0 Å². The molecule has 0 N–H and O–H groups in total. The van der Waals surface area contributed by atoms with Gasteiger partial charge in [-0.05, 0) is 0 Å². The summed E-state index contributed by atoms with van der Waals surface area (Å²) in [7, 11) is -29.7. The minimum Gasteiger partial charge on any atom is -0.743 e. The second-order valence-electron chi connectivity index (χ2n) is 10.5. The Morgan fingerprint density at radius 1 is 0.188 bits per heavy atom. The molecule has 53 heteroatoms. The molecule has 0 fully saturated rings. The maximum absolute atomic E-state index is 12.2. The van der Waals surface area contributed by atoms with E-state index >= 15 is 0 Å². The molecular weight excluding hydrogens is 1290 g/mol. The van der Waals surface area contributed by atoms with Crippen LogP contribution in [0.25, 0.3) is 0 Å². The molecule has 0 saturated carbocycles. The quantitative estimate of drug-likeness (QED) is 0.135. The Balaban J connectivity index is -0.000000263. The van der Waals surface area contributed by atoms with Crippen molar-refractivity contribution in [2.75, 3.05) is 0 Å². The van der Waals surface area contributed by atoms with Crippen LogP contribution in [-0.4, -0.2) is 145 Å². The first-order valence-corrected chi connectivity index (χ1v) is 18.3. The maximum Gasteiger partial charge on any atom is 4.00 e. The van der Waals surface area contributed by atoms with E-state index in [0.29, 0.717) is 0 Å². The summed E-state index contributed by atoms with van der Waals surface area (Å²) in [4.78, 5) is 0. The van der Waals surface area contributed by atoms with E-state index in [1.807, 2.05) is 0 Å². The maximum atomic E-state index is 12.2. The van der Waals surface area contributed by atoms with E-state index < -0.39 is 134 Å². The summed E-state index contributed by atoms with van der Waals surface area (Å²) in [6, 6.07) is 0. The van der Waals surface area contributed by atoms with Crippen LogP contribution in [-0.2, 0) is 66.7 Å². The molecule has 0 amide bonds. The van der Waals surface area contributed by atoms with Crippen LogP contribution in [0, 0.1) is 0 Å². The van der Waals surface area contributed by atoms with Crippen LogP contribution in [0.4, 0.5) is 158 Å². The summed E-state index contributed by atoms with van der Waals surface area (Å²) in [5.74, 6) is -59.3. The Bertz CT molecular complexity index is 1890. The molecule has 0 radical (unpaired) electrons. The molecule has 0 spiro atoms.